The zero-order chi connectivity index (χ0) is 15.6. The summed E-state index contributed by atoms with van der Waals surface area (Å²) in [6.45, 7) is 4.32. The highest BCUT2D eigenvalue weighted by Crippen LogP contribution is 2.42. The molecule has 4 nitrogen and oxygen atoms in total. The van der Waals surface area contributed by atoms with Crippen LogP contribution in [0.2, 0.25) is 0 Å². The third-order valence-corrected chi connectivity index (χ3v) is 5.62. The van der Waals surface area contributed by atoms with E-state index < -0.39 is 0 Å². The van der Waals surface area contributed by atoms with E-state index in [-0.39, 0.29) is 11.6 Å². The summed E-state index contributed by atoms with van der Waals surface area (Å²) in [6.07, 6.45) is 9.39. The number of aromatic nitrogens is 2. The molecule has 1 aromatic rings. The second kappa shape index (κ2) is 6.80. The summed E-state index contributed by atoms with van der Waals surface area (Å²) < 4.78 is 3.11. The monoisotopic (exact) mass is 356 g/mol. The molecule has 1 heterocycles. The van der Waals surface area contributed by atoms with Crippen LogP contribution in [0.4, 0.5) is 0 Å². The lowest BCUT2D eigenvalue weighted by atomic mass is 9.80. The topological polar surface area (TPSA) is 47.1 Å². The molecule has 21 heavy (non-hydrogen) atoms. The first-order valence-corrected chi connectivity index (χ1v) is 8.85. The Bertz CT molecular complexity index is 459. The van der Waals surface area contributed by atoms with Crippen molar-refractivity contribution in [2.75, 3.05) is 14.1 Å². The molecule has 1 aromatic heterocycles. The van der Waals surface area contributed by atoms with Gasteiger partial charge in [-0.05, 0) is 56.7 Å². The number of hydrogen-bond donors (Lipinski definition) is 1. The summed E-state index contributed by atoms with van der Waals surface area (Å²) >= 11 is 3.66. The molecule has 1 fully saturated rings. The van der Waals surface area contributed by atoms with E-state index >= 15 is 0 Å². The van der Waals surface area contributed by atoms with E-state index in [2.05, 4.69) is 58.6 Å². The summed E-state index contributed by atoms with van der Waals surface area (Å²) in [4.78, 5) is 2.35. The standard InChI is InChI=1S/C16H29BrN4/c1-12(2)21-14(13(17)11-19-21)15(18)16(20(3)4)9-7-5-6-8-10-16/h11-12,15H,5-10,18H2,1-4H3. The molecule has 5 heteroatoms. The van der Waals surface area contributed by atoms with Gasteiger partial charge in [0.2, 0.25) is 0 Å². The fraction of sp³-hybridized carbons (Fsp3) is 0.812. The van der Waals surface area contributed by atoms with Crippen molar-refractivity contribution in [3.05, 3.63) is 16.4 Å². The largest absolute Gasteiger partial charge is 0.321 e. The van der Waals surface area contributed by atoms with E-state index in [1.165, 1.54) is 25.7 Å². The third-order valence-electron chi connectivity index (χ3n) is 5.01. The third kappa shape index (κ3) is 3.20. The van der Waals surface area contributed by atoms with Crippen molar-refractivity contribution in [3.63, 3.8) is 0 Å². The van der Waals surface area contributed by atoms with Gasteiger partial charge in [0, 0.05) is 11.6 Å². The highest BCUT2D eigenvalue weighted by Gasteiger charge is 2.42. The van der Waals surface area contributed by atoms with Gasteiger partial charge in [0.15, 0.2) is 0 Å². The van der Waals surface area contributed by atoms with Gasteiger partial charge in [-0.25, -0.2) is 0 Å². The normalized spacial score (nSPS) is 20.8. The quantitative estimate of drug-likeness (QED) is 0.832. The molecule has 2 rings (SSSR count). The van der Waals surface area contributed by atoms with Crippen LogP contribution < -0.4 is 5.73 Å². The minimum atomic E-state index is -0.0233. The molecule has 1 aliphatic rings. The predicted molar refractivity (Wildman–Crippen MR) is 91.4 cm³/mol. The minimum Gasteiger partial charge on any atom is -0.321 e. The molecular formula is C16H29BrN4. The molecule has 0 spiro atoms. The van der Waals surface area contributed by atoms with Crippen LogP contribution in [-0.2, 0) is 0 Å². The average molecular weight is 357 g/mol. The highest BCUT2D eigenvalue weighted by molar-refractivity contribution is 9.10. The molecule has 0 saturated heterocycles. The zero-order valence-electron chi connectivity index (χ0n) is 13.8. The van der Waals surface area contributed by atoms with Crippen LogP contribution in [0.15, 0.2) is 10.7 Å². The fourth-order valence-electron chi connectivity index (χ4n) is 3.68. The van der Waals surface area contributed by atoms with Crippen molar-refractivity contribution in [3.8, 4) is 0 Å². The van der Waals surface area contributed by atoms with Crippen LogP contribution in [-0.4, -0.2) is 34.3 Å². The van der Waals surface area contributed by atoms with Crippen LogP contribution in [0.1, 0.15) is 70.2 Å². The Labute approximate surface area is 137 Å². The number of likely N-dealkylation sites (N-methyl/N-ethyl adjacent to an activating group) is 1. The van der Waals surface area contributed by atoms with Crippen molar-refractivity contribution >= 4 is 15.9 Å². The van der Waals surface area contributed by atoms with E-state index in [0.717, 1.165) is 23.0 Å². The second-order valence-corrected chi connectivity index (χ2v) is 7.66. The zero-order valence-corrected chi connectivity index (χ0v) is 15.4. The lowest BCUT2D eigenvalue weighted by molar-refractivity contribution is 0.0924. The van der Waals surface area contributed by atoms with E-state index in [1.54, 1.807) is 0 Å². The smallest absolute Gasteiger partial charge is 0.0715 e. The first-order valence-electron chi connectivity index (χ1n) is 8.06. The highest BCUT2D eigenvalue weighted by atomic mass is 79.9. The number of rotatable bonds is 4. The van der Waals surface area contributed by atoms with Gasteiger partial charge in [-0.3, -0.25) is 4.68 Å². The summed E-state index contributed by atoms with van der Waals surface area (Å²) in [7, 11) is 4.35. The van der Waals surface area contributed by atoms with Crippen LogP contribution >= 0.6 is 15.9 Å². The van der Waals surface area contributed by atoms with Gasteiger partial charge in [-0.15, -0.1) is 0 Å². The number of nitrogens with two attached hydrogens (primary N) is 1. The summed E-state index contributed by atoms with van der Waals surface area (Å²) in [6, 6.07) is 0.298. The molecule has 1 atom stereocenters. The molecule has 0 bridgehead atoms. The molecule has 2 N–H and O–H groups in total. The Morgan fingerprint density at radius 3 is 2.29 bits per heavy atom. The Morgan fingerprint density at radius 1 is 1.24 bits per heavy atom. The van der Waals surface area contributed by atoms with Gasteiger partial charge in [-0.2, -0.15) is 5.10 Å². The van der Waals surface area contributed by atoms with Gasteiger partial charge >= 0.3 is 0 Å². The molecule has 0 radical (unpaired) electrons. The van der Waals surface area contributed by atoms with Gasteiger partial charge in [0.25, 0.3) is 0 Å². The Kier molecular flexibility index (Phi) is 5.49. The molecule has 1 aliphatic carbocycles. The lowest BCUT2D eigenvalue weighted by Gasteiger charge is -2.44. The first-order chi connectivity index (χ1) is 9.90. The molecular weight excluding hydrogens is 328 g/mol. The van der Waals surface area contributed by atoms with E-state index in [9.17, 15) is 0 Å². The Balaban J connectivity index is 2.43. The van der Waals surface area contributed by atoms with Crippen LogP contribution in [0.3, 0.4) is 0 Å². The maximum atomic E-state index is 6.83. The number of hydrogen-bond acceptors (Lipinski definition) is 3. The van der Waals surface area contributed by atoms with Crippen molar-refractivity contribution in [2.45, 2.75) is 70.0 Å². The van der Waals surface area contributed by atoms with Gasteiger partial charge < -0.3 is 10.6 Å². The Morgan fingerprint density at radius 2 is 1.81 bits per heavy atom. The van der Waals surface area contributed by atoms with Crippen molar-refractivity contribution < 1.29 is 0 Å². The SMILES string of the molecule is CC(C)n1ncc(Br)c1C(N)C1(N(C)C)CCCCCC1. The summed E-state index contributed by atoms with van der Waals surface area (Å²) in [5.41, 5.74) is 8.00. The number of nitrogens with zero attached hydrogens (tertiary/aromatic N) is 3. The van der Waals surface area contributed by atoms with Crippen LogP contribution in [0, 0.1) is 0 Å². The second-order valence-electron chi connectivity index (χ2n) is 6.81. The number of halogens is 1. The van der Waals surface area contributed by atoms with E-state index in [0.29, 0.717) is 6.04 Å². The van der Waals surface area contributed by atoms with Crippen molar-refractivity contribution in [1.82, 2.24) is 14.7 Å². The van der Waals surface area contributed by atoms with Crippen LogP contribution in [0.5, 0.6) is 0 Å². The van der Waals surface area contributed by atoms with E-state index in [4.69, 9.17) is 5.73 Å². The molecule has 0 amide bonds. The summed E-state index contributed by atoms with van der Waals surface area (Å²) in [5, 5.41) is 4.52. The lowest BCUT2D eigenvalue weighted by Crippen LogP contribution is -2.52. The fourth-order valence-corrected chi connectivity index (χ4v) is 4.20. The maximum Gasteiger partial charge on any atom is 0.0715 e. The summed E-state index contributed by atoms with van der Waals surface area (Å²) in [5.74, 6) is 0. The minimum absolute atomic E-state index is 0.0233. The Hall–Kier alpha value is -0.390. The van der Waals surface area contributed by atoms with Gasteiger partial charge in [0.05, 0.1) is 22.4 Å². The van der Waals surface area contributed by atoms with Crippen molar-refractivity contribution in [1.29, 1.82) is 0 Å². The van der Waals surface area contributed by atoms with Crippen molar-refractivity contribution in [2.24, 2.45) is 5.73 Å². The molecule has 1 unspecified atom stereocenters. The molecule has 120 valence electrons. The van der Waals surface area contributed by atoms with Gasteiger partial charge in [0.1, 0.15) is 0 Å². The van der Waals surface area contributed by atoms with E-state index in [1.807, 2.05) is 6.20 Å². The maximum absolute atomic E-state index is 6.83. The molecule has 1 saturated carbocycles. The van der Waals surface area contributed by atoms with Gasteiger partial charge in [-0.1, -0.05) is 25.7 Å². The predicted octanol–water partition coefficient (Wildman–Crippen LogP) is 3.88. The first kappa shape index (κ1) is 17.0. The molecule has 0 aliphatic heterocycles. The van der Waals surface area contributed by atoms with Crippen LogP contribution in [0.25, 0.3) is 0 Å². The molecule has 0 aromatic carbocycles. The average Bonchev–Trinajstić information content (AvgIpc) is 2.66.